The molecule has 7 heteroatoms. The highest BCUT2D eigenvalue weighted by molar-refractivity contribution is 7.26. The Labute approximate surface area is 311 Å². The molecule has 5 nitrogen and oxygen atoms in total. The van der Waals surface area contributed by atoms with Crippen LogP contribution in [0.5, 0.6) is 0 Å². The molecule has 0 fully saturated rings. The van der Waals surface area contributed by atoms with Gasteiger partial charge in [-0.3, -0.25) is 0 Å². The fraction of sp³-hybridized carbons (Fsp3) is 0. The highest BCUT2D eigenvalue weighted by Crippen LogP contribution is 2.47. The summed E-state index contributed by atoms with van der Waals surface area (Å²) in [4.78, 5) is 20.2. The summed E-state index contributed by atoms with van der Waals surface area (Å²) in [5.41, 5.74) is 8.71. The Balaban J connectivity index is 1.15. The number of hydrogen-bond donors (Lipinski definition) is 0. The molecule has 0 bridgehead atoms. The summed E-state index contributed by atoms with van der Waals surface area (Å²) in [6.07, 6.45) is 0. The Morgan fingerprint density at radius 3 is 1.77 bits per heavy atom. The van der Waals surface area contributed by atoms with E-state index in [4.69, 9.17) is 24.4 Å². The summed E-state index contributed by atoms with van der Waals surface area (Å²) < 4.78 is 10.4. The van der Waals surface area contributed by atoms with Gasteiger partial charge in [0.25, 0.3) is 0 Å². The standard InChI is InChI=1S/C46H26N4OS2/c1-4-13-27(14-5-1)43-48-44(28-15-6-2-7-16-28)50-45(49-43)33-24-23-31(42-41(33)32-19-10-11-21-36(32)51-42)30-20-12-22-37-40(30)34-25-39-35(26-38(34)52-37)47-46(53-39)29-17-8-3-9-18-29/h1-26H. The van der Waals surface area contributed by atoms with Gasteiger partial charge in [-0.05, 0) is 42.0 Å². The van der Waals surface area contributed by atoms with Crippen molar-refractivity contribution < 1.29 is 4.42 Å². The number of aromatic nitrogens is 4. The molecule has 248 valence electrons. The molecule has 7 aromatic carbocycles. The topological polar surface area (TPSA) is 64.7 Å². The lowest BCUT2D eigenvalue weighted by atomic mass is 9.95. The normalized spacial score (nSPS) is 11.8. The molecular weight excluding hydrogens is 689 g/mol. The van der Waals surface area contributed by atoms with Crippen molar-refractivity contribution in [1.82, 2.24) is 19.9 Å². The van der Waals surface area contributed by atoms with E-state index in [-0.39, 0.29) is 0 Å². The van der Waals surface area contributed by atoms with Gasteiger partial charge in [0.1, 0.15) is 16.2 Å². The molecule has 0 spiro atoms. The third-order valence-electron chi connectivity index (χ3n) is 9.78. The molecule has 0 aliphatic carbocycles. The molecule has 4 aromatic heterocycles. The molecule has 4 heterocycles. The van der Waals surface area contributed by atoms with E-state index in [0.717, 1.165) is 65.8 Å². The predicted octanol–water partition coefficient (Wildman–Crippen LogP) is 13.1. The quantitative estimate of drug-likeness (QED) is 0.178. The minimum absolute atomic E-state index is 0.599. The van der Waals surface area contributed by atoms with Gasteiger partial charge in [0.15, 0.2) is 17.5 Å². The smallest absolute Gasteiger partial charge is 0.164 e. The second-order valence-electron chi connectivity index (χ2n) is 13.0. The fourth-order valence-corrected chi connectivity index (χ4v) is 9.47. The van der Waals surface area contributed by atoms with Crippen LogP contribution in [-0.2, 0) is 0 Å². The highest BCUT2D eigenvalue weighted by Gasteiger charge is 2.23. The lowest BCUT2D eigenvalue weighted by Crippen LogP contribution is -2.00. The molecule has 0 saturated heterocycles. The summed E-state index contributed by atoms with van der Waals surface area (Å²) in [6.45, 7) is 0. The van der Waals surface area contributed by atoms with Gasteiger partial charge >= 0.3 is 0 Å². The van der Waals surface area contributed by atoms with Crippen molar-refractivity contribution in [2.24, 2.45) is 0 Å². The van der Waals surface area contributed by atoms with Crippen LogP contribution in [0.2, 0.25) is 0 Å². The first kappa shape index (κ1) is 30.1. The average molecular weight is 715 g/mol. The molecule has 0 aliphatic heterocycles. The van der Waals surface area contributed by atoms with Gasteiger partial charge in [-0.2, -0.15) is 0 Å². The van der Waals surface area contributed by atoms with E-state index >= 15 is 0 Å². The molecule has 0 radical (unpaired) electrons. The first-order valence-electron chi connectivity index (χ1n) is 17.4. The maximum absolute atomic E-state index is 6.81. The van der Waals surface area contributed by atoms with Crippen molar-refractivity contribution in [2.45, 2.75) is 0 Å². The van der Waals surface area contributed by atoms with E-state index < -0.39 is 0 Å². The lowest BCUT2D eigenvalue weighted by molar-refractivity contribution is 0.670. The van der Waals surface area contributed by atoms with Gasteiger partial charge in [-0.15, -0.1) is 22.7 Å². The third-order valence-corrected chi connectivity index (χ3v) is 12.0. The summed E-state index contributed by atoms with van der Waals surface area (Å²) >= 11 is 3.55. The number of furan rings is 1. The van der Waals surface area contributed by atoms with E-state index in [1.165, 1.54) is 24.9 Å². The SMILES string of the molecule is c1ccc(-c2nc(-c3ccccc3)nc(-c3ccc(-c4cccc5sc6cc7nc(-c8ccccc8)sc7cc6c45)c4oc5ccccc5c34)n2)cc1. The second kappa shape index (κ2) is 12.0. The van der Waals surface area contributed by atoms with Crippen LogP contribution in [0.15, 0.2) is 162 Å². The average Bonchev–Trinajstić information content (AvgIpc) is 3.93. The molecule has 0 unspecified atom stereocenters. The number of fused-ring (bicyclic) bond motifs is 7. The highest BCUT2D eigenvalue weighted by atomic mass is 32.1. The summed E-state index contributed by atoms with van der Waals surface area (Å²) in [6, 6.07) is 54.3. The molecule has 0 saturated carbocycles. The fourth-order valence-electron chi connectivity index (χ4n) is 7.33. The first-order chi connectivity index (χ1) is 26.2. The third kappa shape index (κ3) is 4.97. The van der Waals surface area contributed by atoms with Crippen molar-refractivity contribution in [1.29, 1.82) is 0 Å². The zero-order valence-electron chi connectivity index (χ0n) is 28.0. The maximum Gasteiger partial charge on any atom is 0.164 e. The van der Waals surface area contributed by atoms with Crippen LogP contribution in [0.1, 0.15) is 0 Å². The van der Waals surface area contributed by atoms with E-state index in [0.29, 0.717) is 17.5 Å². The largest absolute Gasteiger partial charge is 0.455 e. The number of hydrogen-bond acceptors (Lipinski definition) is 7. The van der Waals surface area contributed by atoms with Gasteiger partial charge in [0, 0.05) is 58.8 Å². The molecular formula is C46H26N4OS2. The minimum Gasteiger partial charge on any atom is -0.455 e. The summed E-state index contributed by atoms with van der Waals surface area (Å²) in [5.74, 6) is 1.85. The number of nitrogens with zero attached hydrogens (tertiary/aromatic N) is 4. The predicted molar refractivity (Wildman–Crippen MR) is 220 cm³/mol. The van der Waals surface area contributed by atoms with Crippen LogP contribution in [0.25, 0.3) is 108 Å². The Hall–Kier alpha value is -6.54. The zero-order chi connectivity index (χ0) is 34.9. The zero-order valence-corrected chi connectivity index (χ0v) is 29.7. The summed E-state index contributed by atoms with van der Waals surface area (Å²) in [5, 5.41) is 5.48. The molecule has 53 heavy (non-hydrogen) atoms. The Morgan fingerprint density at radius 1 is 0.396 bits per heavy atom. The first-order valence-corrected chi connectivity index (χ1v) is 19.0. The van der Waals surface area contributed by atoms with Gasteiger partial charge in [-0.1, -0.05) is 121 Å². The molecule has 0 aliphatic rings. The van der Waals surface area contributed by atoms with Gasteiger partial charge in [0.2, 0.25) is 0 Å². The number of thiazole rings is 1. The number of para-hydroxylation sites is 1. The van der Waals surface area contributed by atoms with Crippen molar-refractivity contribution in [2.75, 3.05) is 0 Å². The molecule has 0 atom stereocenters. The van der Waals surface area contributed by atoms with Crippen LogP contribution in [0.4, 0.5) is 0 Å². The van der Waals surface area contributed by atoms with E-state index in [1.54, 1.807) is 22.7 Å². The van der Waals surface area contributed by atoms with Crippen LogP contribution in [0.3, 0.4) is 0 Å². The van der Waals surface area contributed by atoms with Crippen LogP contribution in [-0.4, -0.2) is 19.9 Å². The molecule has 11 aromatic rings. The number of thiophene rings is 1. The van der Waals surface area contributed by atoms with E-state index in [9.17, 15) is 0 Å². The Kier molecular flexibility index (Phi) is 6.83. The summed E-state index contributed by atoms with van der Waals surface area (Å²) in [7, 11) is 0. The molecule has 11 rings (SSSR count). The van der Waals surface area contributed by atoms with Crippen molar-refractivity contribution in [3.63, 3.8) is 0 Å². The minimum atomic E-state index is 0.599. The van der Waals surface area contributed by atoms with Crippen LogP contribution >= 0.6 is 22.7 Å². The number of benzene rings is 7. The van der Waals surface area contributed by atoms with Gasteiger partial charge in [0.05, 0.1) is 10.2 Å². The van der Waals surface area contributed by atoms with Crippen molar-refractivity contribution in [3.05, 3.63) is 158 Å². The van der Waals surface area contributed by atoms with Crippen molar-refractivity contribution in [3.8, 4) is 55.9 Å². The van der Waals surface area contributed by atoms with Gasteiger partial charge < -0.3 is 4.42 Å². The van der Waals surface area contributed by atoms with Crippen molar-refractivity contribution >= 4 is 75.0 Å². The second-order valence-corrected chi connectivity index (χ2v) is 15.1. The lowest BCUT2D eigenvalue weighted by Gasteiger charge is -2.11. The van der Waals surface area contributed by atoms with E-state index in [1.807, 2.05) is 78.9 Å². The van der Waals surface area contributed by atoms with Crippen LogP contribution < -0.4 is 0 Å². The van der Waals surface area contributed by atoms with E-state index in [2.05, 4.69) is 78.9 Å². The Morgan fingerprint density at radius 2 is 1.04 bits per heavy atom. The molecule has 0 amide bonds. The number of rotatable bonds is 5. The molecule has 0 N–H and O–H groups in total. The monoisotopic (exact) mass is 714 g/mol. The van der Waals surface area contributed by atoms with Crippen LogP contribution in [0, 0.1) is 0 Å². The van der Waals surface area contributed by atoms with Gasteiger partial charge in [-0.25, -0.2) is 19.9 Å². The maximum atomic E-state index is 6.81. The Bertz CT molecular complexity index is 3110.